The van der Waals surface area contributed by atoms with Gasteiger partial charge in [0.1, 0.15) is 6.04 Å². The van der Waals surface area contributed by atoms with Crippen LogP contribution in [0.15, 0.2) is 17.0 Å². The number of imide groups is 1. The van der Waals surface area contributed by atoms with Gasteiger partial charge in [0.2, 0.25) is 0 Å². The molecule has 1 aromatic rings. The van der Waals surface area contributed by atoms with Crippen LogP contribution in [0.1, 0.15) is 26.3 Å². The normalized spacial score (nSPS) is 16.6. The van der Waals surface area contributed by atoms with Crippen LogP contribution >= 0.6 is 34.4 Å². The van der Waals surface area contributed by atoms with E-state index in [1.54, 1.807) is 19.1 Å². The molecular weight excluding hydrogens is 485 g/mol. The molecule has 0 aromatic heterocycles. The van der Waals surface area contributed by atoms with Gasteiger partial charge in [-0.15, -0.1) is 0 Å². The van der Waals surface area contributed by atoms with Gasteiger partial charge >= 0.3 is 5.97 Å². The molecule has 0 N–H and O–H groups in total. The van der Waals surface area contributed by atoms with Gasteiger partial charge in [0.05, 0.1) is 28.8 Å². The summed E-state index contributed by atoms with van der Waals surface area (Å²) in [5.41, 5.74) is 0.689. The first-order valence-corrected chi connectivity index (χ1v) is 10.2. The maximum Gasteiger partial charge on any atom is 0.329 e. The summed E-state index contributed by atoms with van der Waals surface area (Å²) in [6.45, 7) is 5.69. The van der Waals surface area contributed by atoms with Gasteiger partial charge in [-0.05, 0) is 78.9 Å². The first-order chi connectivity index (χ1) is 12.8. The summed E-state index contributed by atoms with van der Waals surface area (Å²) in [7, 11) is 1.53. The van der Waals surface area contributed by atoms with Crippen molar-refractivity contribution in [2.24, 2.45) is 0 Å². The highest BCUT2D eigenvalue weighted by atomic mass is 127. The van der Waals surface area contributed by atoms with Gasteiger partial charge in [-0.1, -0.05) is 0 Å². The standard InChI is InChI=1S/C18H20INO6S/c1-5-25-15-12(19)7-11(8-13(15)24-4)9-14-16(21)20(18(23)27-14)10(3)17(22)26-6-2/h7-10H,5-6H2,1-4H3/b14-9-/t10-/m0/s1. The Hall–Kier alpha value is -1.75. The molecule has 2 amide bonds. The van der Waals surface area contributed by atoms with Crippen LogP contribution in [0.2, 0.25) is 0 Å². The van der Waals surface area contributed by atoms with E-state index in [1.165, 1.54) is 14.0 Å². The summed E-state index contributed by atoms with van der Waals surface area (Å²) in [4.78, 5) is 37.9. The summed E-state index contributed by atoms with van der Waals surface area (Å²) in [5.74, 6) is 0.0302. The molecule has 1 aromatic carbocycles. The molecule has 0 radical (unpaired) electrons. The van der Waals surface area contributed by atoms with Gasteiger partial charge in [0.25, 0.3) is 11.1 Å². The minimum absolute atomic E-state index is 0.180. The van der Waals surface area contributed by atoms with Gasteiger partial charge in [-0.3, -0.25) is 14.5 Å². The molecule has 7 nitrogen and oxygen atoms in total. The second-order valence-electron chi connectivity index (χ2n) is 5.45. The fourth-order valence-corrected chi connectivity index (χ4v) is 4.13. The molecule has 0 unspecified atom stereocenters. The third-order valence-electron chi connectivity index (χ3n) is 3.68. The van der Waals surface area contributed by atoms with Gasteiger partial charge in [-0.2, -0.15) is 0 Å². The van der Waals surface area contributed by atoms with Crippen LogP contribution in [0.3, 0.4) is 0 Å². The third-order valence-corrected chi connectivity index (χ3v) is 5.36. The van der Waals surface area contributed by atoms with Crippen molar-refractivity contribution in [2.45, 2.75) is 26.8 Å². The van der Waals surface area contributed by atoms with Gasteiger partial charge < -0.3 is 14.2 Å². The molecule has 0 bridgehead atoms. The van der Waals surface area contributed by atoms with Crippen LogP contribution in [-0.4, -0.2) is 48.4 Å². The topological polar surface area (TPSA) is 82.1 Å². The predicted octanol–water partition coefficient (Wildman–Crippen LogP) is 3.69. The van der Waals surface area contributed by atoms with Crippen LogP contribution < -0.4 is 9.47 Å². The number of halogens is 1. The maximum atomic E-state index is 12.6. The van der Waals surface area contributed by atoms with E-state index in [0.29, 0.717) is 23.7 Å². The number of ether oxygens (including phenoxy) is 3. The number of hydrogen-bond acceptors (Lipinski definition) is 7. The molecule has 9 heteroatoms. The first kappa shape index (κ1) is 21.5. The van der Waals surface area contributed by atoms with Crippen molar-refractivity contribution in [3.63, 3.8) is 0 Å². The van der Waals surface area contributed by atoms with E-state index < -0.39 is 23.2 Å². The van der Waals surface area contributed by atoms with Crippen molar-refractivity contribution in [1.82, 2.24) is 4.90 Å². The van der Waals surface area contributed by atoms with Crippen molar-refractivity contribution in [2.75, 3.05) is 20.3 Å². The zero-order valence-electron chi connectivity index (χ0n) is 15.4. The lowest BCUT2D eigenvalue weighted by molar-refractivity contribution is -0.150. The Bertz CT molecular complexity index is 794. The molecule has 0 aliphatic carbocycles. The number of methoxy groups -OCH3 is 1. The minimum atomic E-state index is -0.974. The van der Waals surface area contributed by atoms with Crippen molar-refractivity contribution in [3.8, 4) is 11.5 Å². The number of thioether (sulfide) groups is 1. The average Bonchev–Trinajstić information content (AvgIpc) is 2.90. The van der Waals surface area contributed by atoms with E-state index >= 15 is 0 Å². The highest BCUT2D eigenvalue weighted by molar-refractivity contribution is 14.1. The van der Waals surface area contributed by atoms with Crippen LogP contribution in [-0.2, 0) is 14.3 Å². The van der Waals surface area contributed by atoms with E-state index in [9.17, 15) is 14.4 Å². The zero-order valence-corrected chi connectivity index (χ0v) is 18.4. The summed E-state index contributed by atoms with van der Waals surface area (Å²) < 4.78 is 16.7. The monoisotopic (exact) mass is 505 g/mol. The summed E-state index contributed by atoms with van der Waals surface area (Å²) in [6.07, 6.45) is 1.60. The largest absolute Gasteiger partial charge is 0.493 e. The fraction of sp³-hybridized carbons (Fsp3) is 0.389. The lowest BCUT2D eigenvalue weighted by Crippen LogP contribution is -2.42. The third kappa shape index (κ3) is 4.75. The number of hydrogen-bond donors (Lipinski definition) is 0. The van der Waals surface area contributed by atoms with Gasteiger partial charge in [-0.25, -0.2) is 4.79 Å². The number of carbonyl (C=O) groups excluding carboxylic acids is 3. The smallest absolute Gasteiger partial charge is 0.329 e. The summed E-state index contributed by atoms with van der Waals surface area (Å²) in [6, 6.07) is 2.59. The zero-order chi connectivity index (χ0) is 20.1. The Morgan fingerprint density at radius 2 is 2.00 bits per heavy atom. The number of carbonyl (C=O) groups is 3. The van der Waals surface area contributed by atoms with E-state index in [4.69, 9.17) is 14.2 Å². The fourth-order valence-electron chi connectivity index (χ4n) is 2.44. The first-order valence-electron chi connectivity index (χ1n) is 8.28. The number of rotatable bonds is 7. The second-order valence-corrected chi connectivity index (χ2v) is 7.60. The molecule has 0 saturated carbocycles. The molecule has 2 rings (SSSR count). The molecule has 1 saturated heterocycles. The lowest BCUT2D eigenvalue weighted by atomic mass is 10.1. The molecule has 1 aliphatic rings. The van der Waals surface area contributed by atoms with Crippen LogP contribution in [0, 0.1) is 3.57 Å². The molecule has 27 heavy (non-hydrogen) atoms. The predicted molar refractivity (Wildman–Crippen MR) is 111 cm³/mol. The Morgan fingerprint density at radius 3 is 2.59 bits per heavy atom. The van der Waals surface area contributed by atoms with Crippen LogP contribution in [0.4, 0.5) is 4.79 Å². The highest BCUT2D eigenvalue weighted by Crippen LogP contribution is 2.37. The van der Waals surface area contributed by atoms with Crippen molar-refractivity contribution in [1.29, 1.82) is 0 Å². The van der Waals surface area contributed by atoms with Crippen molar-refractivity contribution in [3.05, 3.63) is 26.2 Å². The van der Waals surface area contributed by atoms with E-state index in [1.807, 2.05) is 13.0 Å². The molecule has 0 spiro atoms. The molecule has 1 atom stereocenters. The molecule has 1 fully saturated rings. The number of esters is 1. The summed E-state index contributed by atoms with van der Waals surface area (Å²) >= 11 is 2.91. The highest BCUT2D eigenvalue weighted by Gasteiger charge is 2.41. The lowest BCUT2D eigenvalue weighted by Gasteiger charge is -2.19. The van der Waals surface area contributed by atoms with E-state index in [0.717, 1.165) is 20.2 Å². The van der Waals surface area contributed by atoms with Crippen LogP contribution in [0.5, 0.6) is 11.5 Å². The number of nitrogens with zero attached hydrogens (tertiary/aromatic N) is 1. The second kappa shape index (κ2) is 9.45. The SMILES string of the molecule is CCOC(=O)[C@H](C)N1C(=O)S/C(=C\c2cc(I)c(OCC)c(OC)c2)C1=O. The van der Waals surface area contributed by atoms with Crippen molar-refractivity contribution >= 4 is 57.5 Å². The van der Waals surface area contributed by atoms with Crippen molar-refractivity contribution < 1.29 is 28.6 Å². The number of benzene rings is 1. The van der Waals surface area contributed by atoms with E-state index in [2.05, 4.69) is 22.6 Å². The van der Waals surface area contributed by atoms with Crippen LogP contribution in [0.25, 0.3) is 6.08 Å². The molecule has 1 heterocycles. The molecule has 1 aliphatic heterocycles. The molecule has 146 valence electrons. The van der Waals surface area contributed by atoms with Gasteiger partial charge in [0.15, 0.2) is 11.5 Å². The van der Waals surface area contributed by atoms with E-state index in [-0.39, 0.29) is 11.5 Å². The summed E-state index contributed by atoms with van der Waals surface area (Å²) in [5, 5.41) is -0.501. The minimum Gasteiger partial charge on any atom is -0.493 e. The Kier molecular flexibility index (Phi) is 7.54. The average molecular weight is 505 g/mol. The quantitative estimate of drug-likeness (QED) is 0.318. The number of amides is 2. The Morgan fingerprint density at radius 1 is 1.30 bits per heavy atom. The Balaban J connectivity index is 2.32. The Labute approximate surface area is 175 Å². The maximum absolute atomic E-state index is 12.6. The molecular formula is C18H20INO6S. The van der Waals surface area contributed by atoms with Gasteiger partial charge in [0, 0.05) is 0 Å².